The molecular formula is C14H12BrN3O2S. The van der Waals surface area contributed by atoms with Gasteiger partial charge in [-0.3, -0.25) is 4.57 Å². The van der Waals surface area contributed by atoms with E-state index in [2.05, 4.69) is 25.9 Å². The first-order valence-electron chi connectivity index (χ1n) is 6.13. The molecule has 1 N–H and O–H groups in total. The Balaban J connectivity index is 2.31. The topological polar surface area (TPSA) is 52.1 Å². The van der Waals surface area contributed by atoms with E-state index in [1.165, 1.54) is 0 Å². The number of rotatable bonds is 3. The number of benzene rings is 1. The van der Waals surface area contributed by atoms with E-state index in [1.54, 1.807) is 20.3 Å². The molecule has 0 radical (unpaired) electrons. The summed E-state index contributed by atoms with van der Waals surface area (Å²) in [6, 6.07) is 9.42. The highest BCUT2D eigenvalue weighted by molar-refractivity contribution is 9.10. The molecule has 0 unspecified atom stereocenters. The zero-order valence-corrected chi connectivity index (χ0v) is 13.8. The minimum atomic E-state index is 0.534. The monoisotopic (exact) mass is 365 g/mol. The van der Waals surface area contributed by atoms with Crippen molar-refractivity contribution in [1.29, 1.82) is 0 Å². The van der Waals surface area contributed by atoms with Crippen LogP contribution in [0.25, 0.3) is 16.9 Å². The summed E-state index contributed by atoms with van der Waals surface area (Å²) in [6.07, 6.45) is 0. The fraction of sp³-hybridized carbons (Fsp3) is 0.143. The summed E-state index contributed by atoms with van der Waals surface area (Å²) in [7, 11) is 3.21. The van der Waals surface area contributed by atoms with Crippen LogP contribution < -0.4 is 9.47 Å². The molecule has 0 aliphatic rings. The lowest BCUT2D eigenvalue weighted by Gasteiger charge is -2.08. The van der Waals surface area contributed by atoms with Gasteiger partial charge in [0.1, 0.15) is 5.75 Å². The number of fused-ring (bicyclic) bond motifs is 1. The highest BCUT2D eigenvalue weighted by Gasteiger charge is 2.11. The lowest BCUT2D eigenvalue weighted by molar-refractivity contribution is 0.399. The maximum Gasteiger partial charge on any atom is 0.215 e. The van der Waals surface area contributed by atoms with Crippen molar-refractivity contribution in [2.45, 2.75) is 0 Å². The number of hydrogen-bond acceptors (Lipinski definition) is 4. The van der Waals surface area contributed by atoms with Gasteiger partial charge in [-0.1, -0.05) is 15.9 Å². The smallest absolute Gasteiger partial charge is 0.215 e. The number of ether oxygens (including phenoxy) is 2. The molecule has 0 spiro atoms. The molecule has 0 atom stereocenters. The van der Waals surface area contributed by atoms with Crippen molar-refractivity contribution in [1.82, 2.24) is 14.5 Å². The molecule has 0 saturated carbocycles. The summed E-state index contributed by atoms with van der Waals surface area (Å²) in [5.41, 5.74) is 2.41. The molecule has 0 amide bonds. The van der Waals surface area contributed by atoms with Crippen molar-refractivity contribution in [3.05, 3.63) is 39.6 Å². The maximum atomic E-state index is 5.41. The van der Waals surface area contributed by atoms with E-state index in [0.29, 0.717) is 16.3 Å². The molecule has 0 fully saturated rings. The SMILES string of the molecule is COc1cc(Br)cc(-n2c(=S)[nH]c3ccc(OC)nc32)c1. The number of nitrogens with one attached hydrogen (secondary N) is 1. The van der Waals surface area contributed by atoms with E-state index in [0.717, 1.165) is 21.4 Å². The summed E-state index contributed by atoms with van der Waals surface area (Å²) in [6.45, 7) is 0. The number of aromatic amines is 1. The van der Waals surface area contributed by atoms with Gasteiger partial charge in [0.15, 0.2) is 10.4 Å². The Morgan fingerprint density at radius 1 is 1.19 bits per heavy atom. The first kappa shape index (κ1) is 14.1. The van der Waals surface area contributed by atoms with E-state index in [9.17, 15) is 0 Å². The number of aromatic nitrogens is 3. The second-order valence-electron chi connectivity index (χ2n) is 4.34. The fourth-order valence-electron chi connectivity index (χ4n) is 2.11. The number of pyridine rings is 1. The molecule has 5 nitrogen and oxygen atoms in total. The van der Waals surface area contributed by atoms with Gasteiger partial charge < -0.3 is 14.5 Å². The van der Waals surface area contributed by atoms with Gasteiger partial charge in [0.25, 0.3) is 0 Å². The van der Waals surface area contributed by atoms with Crippen molar-refractivity contribution in [3.63, 3.8) is 0 Å². The van der Waals surface area contributed by atoms with Gasteiger partial charge in [0.2, 0.25) is 5.88 Å². The average Bonchev–Trinajstić information content (AvgIpc) is 2.81. The van der Waals surface area contributed by atoms with Crippen LogP contribution in [0.3, 0.4) is 0 Å². The second-order valence-corrected chi connectivity index (χ2v) is 5.64. The maximum absolute atomic E-state index is 5.41. The molecule has 3 aromatic rings. The minimum Gasteiger partial charge on any atom is -0.497 e. The molecule has 21 heavy (non-hydrogen) atoms. The molecule has 2 aromatic heterocycles. The Kier molecular flexibility index (Phi) is 3.69. The van der Waals surface area contributed by atoms with Crippen LogP contribution >= 0.6 is 28.1 Å². The highest BCUT2D eigenvalue weighted by Crippen LogP contribution is 2.27. The number of imidazole rings is 1. The van der Waals surface area contributed by atoms with E-state index in [-0.39, 0.29) is 0 Å². The molecule has 108 valence electrons. The van der Waals surface area contributed by atoms with Gasteiger partial charge in [-0.25, -0.2) is 0 Å². The first-order valence-corrected chi connectivity index (χ1v) is 7.33. The Morgan fingerprint density at radius 2 is 2.00 bits per heavy atom. The lowest BCUT2D eigenvalue weighted by atomic mass is 10.3. The molecule has 7 heteroatoms. The Morgan fingerprint density at radius 3 is 2.71 bits per heavy atom. The quantitative estimate of drug-likeness (QED) is 0.716. The van der Waals surface area contributed by atoms with Gasteiger partial charge in [0.05, 0.1) is 25.4 Å². The predicted octanol–water partition coefficient (Wildman–Crippen LogP) is 3.86. The van der Waals surface area contributed by atoms with E-state index in [1.807, 2.05) is 28.8 Å². The van der Waals surface area contributed by atoms with Crippen LogP contribution in [-0.4, -0.2) is 28.8 Å². The summed E-state index contributed by atoms with van der Waals surface area (Å²) < 4.78 is 13.8. The number of nitrogens with zero attached hydrogens (tertiary/aromatic N) is 2. The summed E-state index contributed by atoms with van der Waals surface area (Å²) in [5.74, 6) is 1.27. The normalized spacial score (nSPS) is 10.8. The summed E-state index contributed by atoms with van der Waals surface area (Å²) >= 11 is 8.88. The standard InChI is InChI=1S/C14H12BrN3O2S/c1-19-10-6-8(15)5-9(7-10)18-13-11(16-14(18)21)3-4-12(17-13)20-2/h3-7H,1-2H3,(H,16,21). The van der Waals surface area contributed by atoms with E-state index < -0.39 is 0 Å². The van der Waals surface area contributed by atoms with Crippen molar-refractivity contribution in [2.24, 2.45) is 0 Å². The third-order valence-electron chi connectivity index (χ3n) is 3.07. The number of halogens is 1. The zero-order chi connectivity index (χ0) is 15.0. The Labute approximate surface area is 134 Å². The van der Waals surface area contributed by atoms with Gasteiger partial charge in [0, 0.05) is 16.6 Å². The largest absolute Gasteiger partial charge is 0.497 e. The van der Waals surface area contributed by atoms with Crippen LogP contribution in [0.15, 0.2) is 34.8 Å². The third-order valence-corrected chi connectivity index (χ3v) is 3.81. The predicted molar refractivity (Wildman–Crippen MR) is 87.1 cm³/mol. The lowest BCUT2D eigenvalue weighted by Crippen LogP contribution is -1.98. The molecule has 3 rings (SSSR count). The molecule has 0 saturated heterocycles. The van der Waals surface area contributed by atoms with E-state index in [4.69, 9.17) is 21.7 Å². The highest BCUT2D eigenvalue weighted by atomic mass is 79.9. The Bertz CT molecular complexity index is 872. The fourth-order valence-corrected chi connectivity index (χ4v) is 2.88. The van der Waals surface area contributed by atoms with Crippen LogP contribution in [-0.2, 0) is 0 Å². The van der Waals surface area contributed by atoms with Crippen molar-refractivity contribution in [3.8, 4) is 17.3 Å². The number of H-pyrrole nitrogens is 1. The van der Waals surface area contributed by atoms with Gasteiger partial charge in [-0.05, 0) is 30.4 Å². The number of hydrogen-bond donors (Lipinski definition) is 1. The molecule has 0 aliphatic carbocycles. The Hall–Kier alpha value is -1.86. The summed E-state index contributed by atoms with van der Waals surface area (Å²) in [5, 5.41) is 0. The van der Waals surface area contributed by atoms with Crippen molar-refractivity contribution in [2.75, 3.05) is 14.2 Å². The van der Waals surface area contributed by atoms with Crippen LogP contribution in [0.5, 0.6) is 11.6 Å². The van der Waals surface area contributed by atoms with Crippen molar-refractivity contribution < 1.29 is 9.47 Å². The van der Waals surface area contributed by atoms with Gasteiger partial charge in [-0.15, -0.1) is 0 Å². The minimum absolute atomic E-state index is 0.534. The van der Waals surface area contributed by atoms with Gasteiger partial charge in [-0.2, -0.15) is 4.98 Å². The van der Waals surface area contributed by atoms with Gasteiger partial charge >= 0.3 is 0 Å². The van der Waals surface area contributed by atoms with Crippen LogP contribution in [0.1, 0.15) is 0 Å². The molecule has 2 heterocycles. The third kappa shape index (κ3) is 2.54. The number of methoxy groups -OCH3 is 2. The summed E-state index contributed by atoms with van der Waals surface area (Å²) in [4.78, 5) is 7.60. The van der Waals surface area contributed by atoms with Crippen LogP contribution in [0.2, 0.25) is 0 Å². The molecule has 1 aromatic carbocycles. The van der Waals surface area contributed by atoms with Crippen LogP contribution in [0, 0.1) is 4.77 Å². The average molecular weight is 366 g/mol. The molecule has 0 bridgehead atoms. The molecular weight excluding hydrogens is 354 g/mol. The van der Waals surface area contributed by atoms with E-state index >= 15 is 0 Å². The molecule has 0 aliphatic heterocycles. The first-order chi connectivity index (χ1) is 10.1. The zero-order valence-electron chi connectivity index (χ0n) is 11.4. The second kappa shape index (κ2) is 5.50. The van der Waals surface area contributed by atoms with Crippen molar-refractivity contribution >= 4 is 39.3 Å². The van der Waals surface area contributed by atoms with Crippen LogP contribution in [0.4, 0.5) is 0 Å².